The molecule has 0 spiro atoms. The van der Waals surface area contributed by atoms with Crippen LogP contribution in [0.3, 0.4) is 0 Å². The van der Waals surface area contributed by atoms with Gasteiger partial charge in [0, 0.05) is 0 Å². The molecule has 0 saturated carbocycles. The number of halogens is 2. The first-order chi connectivity index (χ1) is 48.2. The van der Waals surface area contributed by atoms with E-state index in [2.05, 4.69) is 176 Å². The minimum absolute atomic E-state index is 0.151. The Balaban J connectivity index is 0.000000219. The average molecular weight is 1480 g/mol. The smallest absolute Gasteiger partial charge is 0.0398 e. The Labute approximate surface area is 617 Å². The zero-order valence-electron chi connectivity index (χ0n) is 63.2. The molecule has 2 aliphatic rings. The van der Waals surface area contributed by atoms with E-state index in [9.17, 15) is 19.2 Å². The molecule has 11 rings (SSSR count). The summed E-state index contributed by atoms with van der Waals surface area (Å²) in [6, 6.07) is 81.6. The molecule has 0 unspecified atom stereocenters. The van der Waals surface area contributed by atoms with Crippen LogP contribution in [0.25, 0.3) is 0 Å². The second kappa shape index (κ2) is 33.9. The molecule has 9 aromatic rings. The van der Waals surface area contributed by atoms with E-state index in [-0.39, 0.29) is 34.1 Å². The van der Waals surface area contributed by atoms with Crippen molar-refractivity contribution in [3.8, 4) is 0 Å². The van der Waals surface area contributed by atoms with Gasteiger partial charge in [0.2, 0.25) is 0 Å². The molecule has 0 atom stereocenters. The molecule has 2 aliphatic heterocycles. The van der Waals surface area contributed by atoms with Crippen LogP contribution in [0.2, 0.25) is 26.2 Å². The zero-order chi connectivity index (χ0) is 75.2. The third-order valence-corrected chi connectivity index (χ3v) is 41.8. The molecule has 2 heterocycles. The molecule has 0 bridgehead atoms. The van der Waals surface area contributed by atoms with E-state index in [0.717, 1.165) is 54.8 Å². The van der Waals surface area contributed by atoms with Gasteiger partial charge in [-0.15, -0.1) is 0 Å². The van der Waals surface area contributed by atoms with Gasteiger partial charge in [-0.1, -0.05) is 107 Å². The molecule has 0 radical (unpaired) electrons. The van der Waals surface area contributed by atoms with Crippen molar-refractivity contribution in [2.45, 2.75) is 133 Å². The van der Waals surface area contributed by atoms with Crippen molar-refractivity contribution in [3.05, 3.63) is 308 Å². The fraction of sp³-hybridized carbons (Fsp3) is 0.279. The number of carbonyl (C=O) groups is 4. The quantitative estimate of drug-likeness (QED) is 0.0348. The Morgan fingerprint density at radius 3 is 0.676 bits per heavy atom. The number of rotatable bonds is 14. The van der Waals surface area contributed by atoms with Crippen molar-refractivity contribution >= 4 is 106 Å². The molecular weight excluding hydrogens is 1380 g/mol. The standard InChI is InChI=1S/2C32H39ClNO4PSi.C8H10.2C7H8/c2*1-22(2)26-20-15-21-27(23(3)4)28(26)34-39(24-16-11-9-12-17-24,25-18-13-10-14-19-25)29(31(35)37-5)30(32(36)38-6)40(34,7,8)33;1-7-3-5-8(2)6-4-7;2*1-7-5-3-2-4-6-7/h2*9-23H,1-8H3;3-6H,1-2H3;2*2-6H,1H3. The molecule has 16 heteroatoms. The summed E-state index contributed by atoms with van der Waals surface area (Å²) in [5.74, 6) is -1.72. The third-order valence-electron chi connectivity index (χ3n) is 18.6. The summed E-state index contributed by atoms with van der Waals surface area (Å²) in [4.78, 5) is 56.0. The Bertz CT molecular complexity index is 4190. The van der Waals surface area contributed by atoms with Crippen LogP contribution in [-0.2, 0) is 38.1 Å². The average Bonchev–Trinajstić information content (AvgIpc) is 1.50. The second-order valence-corrected chi connectivity index (χ2v) is 52.6. The molecule has 0 aromatic heterocycles. The monoisotopic (exact) mass is 1480 g/mol. The van der Waals surface area contributed by atoms with Gasteiger partial charge in [0.05, 0.1) is 0 Å². The molecule has 10 nitrogen and oxygen atoms in total. The van der Waals surface area contributed by atoms with Crippen LogP contribution in [0.1, 0.15) is 124 Å². The summed E-state index contributed by atoms with van der Waals surface area (Å²) in [5.41, 5.74) is 11.7. The fourth-order valence-corrected chi connectivity index (χ4v) is 43.4. The van der Waals surface area contributed by atoms with Crippen LogP contribution in [0.15, 0.2) is 264 Å². The van der Waals surface area contributed by atoms with Crippen LogP contribution in [-0.4, -0.2) is 73.9 Å². The number of aryl methyl sites for hydroxylation is 4. The molecule has 0 saturated heterocycles. The Kier molecular flexibility index (Phi) is 27.0. The Morgan fingerprint density at radius 1 is 0.304 bits per heavy atom. The van der Waals surface area contributed by atoms with Gasteiger partial charge in [-0.05, 0) is 27.7 Å². The SMILES string of the molecule is COC(=O)C1=C(C(=O)OC)[Si-](C)(C)(Cl)[N+](c2c(C(C)C)cccc2C(C)C)=P1(c1ccccc1)c1ccccc1.COC(=O)C1=C(C(=O)OC)[Si-](C)(C)(Cl)[N+](c2c(C(C)C)cccc2C(C)C)=P1(c1ccccc1)c1ccccc1.Cc1ccc(C)cc1.Cc1ccccc1.Cc1ccccc1. The normalized spacial score (nSPS) is 16.3. The van der Waals surface area contributed by atoms with E-state index < -0.39 is 51.6 Å². The number of benzene rings is 9. The van der Waals surface area contributed by atoms with Gasteiger partial charge < -0.3 is 0 Å². The molecule has 0 amide bonds. The molecule has 0 N–H and O–H groups in total. The van der Waals surface area contributed by atoms with Gasteiger partial charge in [-0.2, -0.15) is 0 Å². The molecule has 0 aliphatic carbocycles. The number of hydrogen-bond donors (Lipinski definition) is 0. The summed E-state index contributed by atoms with van der Waals surface area (Å²) in [7, 11) is -0.878. The van der Waals surface area contributed by atoms with E-state index in [1.807, 2.05) is 184 Å². The van der Waals surface area contributed by atoms with E-state index >= 15 is 0 Å². The fourth-order valence-electron chi connectivity index (χ4n) is 13.9. The van der Waals surface area contributed by atoms with Gasteiger partial charge in [0.15, 0.2) is 0 Å². The number of methoxy groups -OCH3 is 4. The van der Waals surface area contributed by atoms with Gasteiger partial charge in [-0.3, -0.25) is 0 Å². The largest absolute Gasteiger partial charge is 0.0622 e. The van der Waals surface area contributed by atoms with Crippen molar-refractivity contribution in [1.29, 1.82) is 0 Å². The maximum Gasteiger partial charge on any atom is -0.0398 e. The van der Waals surface area contributed by atoms with E-state index in [1.54, 1.807) is 0 Å². The third kappa shape index (κ3) is 16.6. The number of ether oxygens (including phenoxy) is 4. The number of carbonyl (C=O) groups excluding carboxylic acids is 4. The predicted octanol–water partition coefficient (Wildman–Crippen LogP) is 21.2. The summed E-state index contributed by atoms with van der Waals surface area (Å²) in [5, 5.41) is 4.75. The van der Waals surface area contributed by atoms with Crippen LogP contribution >= 0.6 is 36.3 Å². The summed E-state index contributed by atoms with van der Waals surface area (Å²) in [6.45, 7) is 24.9. The Morgan fingerprint density at radius 2 is 0.500 bits per heavy atom. The first-order valence-electron chi connectivity index (χ1n) is 34.8. The molecular formula is C86H104Cl2N2O8P2Si2. The Hall–Kier alpha value is -8.19. The van der Waals surface area contributed by atoms with Gasteiger partial charge >= 0.3 is 487 Å². The van der Waals surface area contributed by atoms with Gasteiger partial charge in [0.25, 0.3) is 0 Å². The van der Waals surface area contributed by atoms with Crippen molar-refractivity contribution in [2.75, 3.05) is 28.4 Å². The van der Waals surface area contributed by atoms with Crippen LogP contribution in [0, 0.1) is 27.7 Å². The topological polar surface area (TPSA) is 111 Å². The molecule has 9 aromatic carbocycles. The van der Waals surface area contributed by atoms with Gasteiger partial charge in [-0.25, -0.2) is 0 Å². The maximum absolute atomic E-state index is 14.1. The summed E-state index contributed by atoms with van der Waals surface area (Å²) < 4.78 is 26.5. The second-order valence-electron chi connectivity index (χ2n) is 28.5. The predicted molar refractivity (Wildman–Crippen MR) is 434 cm³/mol. The minimum atomic E-state index is -4.33. The van der Waals surface area contributed by atoms with E-state index in [4.69, 9.17) is 41.1 Å². The number of hydrogen-bond acceptors (Lipinski definition) is 8. The minimum Gasteiger partial charge on any atom is -0.0622 e. The van der Waals surface area contributed by atoms with Crippen LogP contribution in [0.5, 0.6) is 0 Å². The first-order valence-corrected chi connectivity index (χ1v) is 47.2. The van der Waals surface area contributed by atoms with Crippen molar-refractivity contribution in [1.82, 2.24) is 0 Å². The first kappa shape index (κ1) is 81.1. The summed E-state index contributed by atoms with van der Waals surface area (Å²) >= 11 is 16.1. The van der Waals surface area contributed by atoms with Crippen molar-refractivity contribution < 1.29 is 46.1 Å². The van der Waals surface area contributed by atoms with E-state index in [0.29, 0.717) is 10.6 Å². The number of para-hydroxylation sites is 2. The zero-order valence-corrected chi connectivity index (χ0v) is 68.5. The van der Waals surface area contributed by atoms with E-state index in [1.165, 1.54) is 50.7 Å². The maximum atomic E-state index is 14.1. The van der Waals surface area contributed by atoms with Crippen molar-refractivity contribution in [3.63, 3.8) is 0 Å². The van der Waals surface area contributed by atoms with Crippen molar-refractivity contribution in [2.24, 2.45) is 0 Å². The van der Waals surface area contributed by atoms with Gasteiger partial charge in [0.1, 0.15) is 0 Å². The van der Waals surface area contributed by atoms with Crippen LogP contribution in [0.4, 0.5) is 11.4 Å². The molecule has 102 heavy (non-hydrogen) atoms. The molecule has 538 valence electrons. The van der Waals surface area contributed by atoms with Crippen LogP contribution < -0.4 is 21.2 Å². The molecule has 0 fully saturated rings. The number of nitrogens with zero attached hydrogens (tertiary/aromatic N) is 2. The summed E-state index contributed by atoms with van der Waals surface area (Å²) in [6.07, 6.45) is 0. The number of esters is 4.